The number of halogens is 2. The van der Waals surface area contributed by atoms with Crippen LogP contribution in [0.1, 0.15) is 18.1 Å². The van der Waals surface area contributed by atoms with Crippen molar-refractivity contribution in [2.45, 2.75) is 18.6 Å². The van der Waals surface area contributed by atoms with Gasteiger partial charge in [0.1, 0.15) is 0 Å². The van der Waals surface area contributed by atoms with E-state index >= 15 is 0 Å². The summed E-state index contributed by atoms with van der Waals surface area (Å²) in [5.74, 6) is 0. The predicted molar refractivity (Wildman–Crippen MR) is 93.1 cm³/mol. The maximum absolute atomic E-state index is 12.0. The number of likely N-dealkylation sites (tertiary alicyclic amines) is 1. The fraction of sp³-hybridized carbons (Fsp3) is 0.562. The van der Waals surface area contributed by atoms with E-state index in [4.69, 9.17) is 23.2 Å². The van der Waals surface area contributed by atoms with E-state index in [-0.39, 0.29) is 12.1 Å². The van der Waals surface area contributed by atoms with Crippen molar-refractivity contribution in [2.24, 2.45) is 0 Å². The summed E-state index contributed by atoms with van der Waals surface area (Å²) in [7, 11) is 5.32. The highest BCUT2D eigenvalue weighted by Gasteiger charge is 2.30. The highest BCUT2D eigenvalue weighted by molar-refractivity contribution is 6.42. The van der Waals surface area contributed by atoms with E-state index in [9.17, 15) is 9.90 Å². The number of aliphatic hydroxyl groups excluding tert-OH is 1. The van der Waals surface area contributed by atoms with Gasteiger partial charge in [0, 0.05) is 46.8 Å². The van der Waals surface area contributed by atoms with Gasteiger partial charge < -0.3 is 14.9 Å². The Labute approximate surface area is 147 Å². The Morgan fingerprint density at radius 3 is 2.65 bits per heavy atom. The molecule has 0 spiro atoms. The van der Waals surface area contributed by atoms with Gasteiger partial charge in [-0.3, -0.25) is 4.90 Å². The van der Waals surface area contributed by atoms with Crippen LogP contribution in [0.3, 0.4) is 0 Å². The van der Waals surface area contributed by atoms with Gasteiger partial charge in [-0.25, -0.2) is 4.79 Å². The lowest BCUT2D eigenvalue weighted by Crippen LogP contribution is -2.44. The zero-order chi connectivity index (χ0) is 17.1. The van der Waals surface area contributed by atoms with Crippen LogP contribution in [0.15, 0.2) is 18.2 Å². The van der Waals surface area contributed by atoms with E-state index in [1.54, 1.807) is 42.1 Å². The molecule has 0 radical (unpaired) electrons. The Hall–Kier alpha value is -1.01. The topological polar surface area (TPSA) is 47.0 Å². The minimum absolute atomic E-state index is 0.00174. The SMILES string of the molecule is CN(C)C(=O)N(C)C1CCN(C[C@H](O)c2ccc(Cl)c(Cl)c2)C1. The Morgan fingerprint density at radius 1 is 1.35 bits per heavy atom. The summed E-state index contributed by atoms with van der Waals surface area (Å²) < 4.78 is 0. The Morgan fingerprint density at radius 2 is 2.04 bits per heavy atom. The highest BCUT2D eigenvalue weighted by atomic mass is 35.5. The quantitative estimate of drug-likeness (QED) is 0.898. The summed E-state index contributed by atoms with van der Waals surface area (Å²) in [5.41, 5.74) is 0.751. The highest BCUT2D eigenvalue weighted by Crippen LogP contribution is 2.27. The second kappa shape index (κ2) is 7.71. The number of hydrogen-bond donors (Lipinski definition) is 1. The molecular weight excluding hydrogens is 337 g/mol. The number of rotatable bonds is 4. The first-order chi connectivity index (χ1) is 10.8. The maximum atomic E-state index is 12.0. The number of carbonyl (C=O) groups excluding carboxylic acids is 1. The van der Waals surface area contributed by atoms with Crippen LogP contribution in [0.2, 0.25) is 10.0 Å². The average molecular weight is 360 g/mol. The molecule has 0 aromatic heterocycles. The van der Waals surface area contributed by atoms with Crippen LogP contribution >= 0.6 is 23.2 Å². The molecule has 1 aromatic rings. The van der Waals surface area contributed by atoms with Crippen molar-refractivity contribution in [3.05, 3.63) is 33.8 Å². The third kappa shape index (κ3) is 4.51. The first-order valence-electron chi connectivity index (χ1n) is 7.59. The number of carbonyl (C=O) groups is 1. The van der Waals surface area contributed by atoms with Crippen LogP contribution in [0.25, 0.3) is 0 Å². The van der Waals surface area contributed by atoms with E-state index in [1.165, 1.54) is 0 Å². The lowest BCUT2D eigenvalue weighted by atomic mass is 10.1. The number of aliphatic hydroxyl groups is 1. The molecule has 0 saturated carbocycles. The van der Waals surface area contributed by atoms with E-state index < -0.39 is 6.10 Å². The Balaban J connectivity index is 1.92. The molecule has 0 bridgehead atoms. The first-order valence-corrected chi connectivity index (χ1v) is 8.34. The Bertz CT molecular complexity index is 568. The number of amides is 2. The first kappa shape index (κ1) is 18.3. The van der Waals surface area contributed by atoms with E-state index in [2.05, 4.69) is 4.90 Å². The van der Waals surface area contributed by atoms with Crippen molar-refractivity contribution < 1.29 is 9.90 Å². The molecule has 5 nitrogen and oxygen atoms in total. The third-order valence-electron chi connectivity index (χ3n) is 4.24. The van der Waals surface area contributed by atoms with Crippen molar-refractivity contribution in [1.82, 2.24) is 14.7 Å². The lowest BCUT2D eigenvalue weighted by Gasteiger charge is -2.28. The molecule has 1 saturated heterocycles. The molecule has 1 N–H and O–H groups in total. The van der Waals surface area contributed by atoms with Crippen LogP contribution < -0.4 is 0 Å². The van der Waals surface area contributed by atoms with Gasteiger partial charge in [-0.1, -0.05) is 29.3 Å². The summed E-state index contributed by atoms with van der Waals surface area (Å²) in [4.78, 5) is 17.5. The zero-order valence-electron chi connectivity index (χ0n) is 13.7. The molecule has 1 unspecified atom stereocenters. The summed E-state index contributed by atoms with van der Waals surface area (Å²) >= 11 is 11.9. The molecular formula is C16H23Cl2N3O2. The lowest BCUT2D eigenvalue weighted by molar-refractivity contribution is 0.120. The van der Waals surface area contributed by atoms with Crippen molar-refractivity contribution in [3.63, 3.8) is 0 Å². The van der Waals surface area contributed by atoms with Gasteiger partial charge in [-0.05, 0) is 24.1 Å². The standard InChI is InChI=1S/C16H23Cl2N3O2/c1-19(2)16(23)20(3)12-6-7-21(9-12)10-15(22)11-4-5-13(17)14(18)8-11/h4-5,8,12,15,22H,6-7,9-10H2,1-3H3/t12?,15-/m0/s1. The minimum Gasteiger partial charge on any atom is -0.387 e. The number of likely N-dealkylation sites (N-methyl/N-ethyl adjacent to an activating group) is 1. The van der Waals surface area contributed by atoms with Gasteiger partial charge in [0.25, 0.3) is 0 Å². The number of benzene rings is 1. The van der Waals surface area contributed by atoms with Crippen LogP contribution in [0.5, 0.6) is 0 Å². The summed E-state index contributed by atoms with van der Waals surface area (Å²) in [6.07, 6.45) is 0.280. The van der Waals surface area contributed by atoms with Crippen molar-refractivity contribution in [3.8, 4) is 0 Å². The normalized spacial score (nSPS) is 19.7. The van der Waals surface area contributed by atoms with Gasteiger partial charge in [0.05, 0.1) is 16.1 Å². The Kier molecular flexibility index (Phi) is 6.14. The molecule has 128 valence electrons. The molecule has 2 rings (SSSR count). The van der Waals surface area contributed by atoms with Crippen LogP contribution in [-0.2, 0) is 0 Å². The number of β-amino-alcohol motifs (C(OH)–C–C–N with tert-alkyl or cyclic N) is 1. The molecule has 2 atom stereocenters. The van der Waals surface area contributed by atoms with Gasteiger partial charge in [0.2, 0.25) is 0 Å². The molecule has 2 amide bonds. The van der Waals surface area contributed by atoms with E-state index in [0.29, 0.717) is 16.6 Å². The molecule has 1 aliphatic heterocycles. The fourth-order valence-electron chi connectivity index (χ4n) is 2.84. The van der Waals surface area contributed by atoms with Crippen LogP contribution in [0, 0.1) is 0 Å². The molecule has 0 aliphatic carbocycles. The molecule has 7 heteroatoms. The monoisotopic (exact) mass is 359 g/mol. The van der Waals surface area contributed by atoms with Crippen LogP contribution in [0.4, 0.5) is 4.79 Å². The van der Waals surface area contributed by atoms with E-state index in [1.807, 2.05) is 7.05 Å². The average Bonchev–Trinajstić information content (AvgIpc) is 2.96. The zero-order valence-corrected chi connectivity index (χ0v) is 15.2. The molecule has 1 fully saturated rings. The van der Waals surface area contributed by atoms with E-state index in [0.717, 1.165) is 25.1 Å². The predicted octanol–water partition coefficient (Wildman–Crippen LogP) is 2.71. The number of urea groups is 1. The van der Waals surface area contributed by atoms with Gasteiger partial charge in [-0.2, -0.15) is 0 Å². The summed E-state index contributed by atoms with van der Waals surface area (Å²) in [6, 6.07) is 5.35. The molecule has 23 heavy (non-hydrogen) atoms. The van der Waals surface area contributed by atoms with Crippen molar-refractivity contribution in [1.29, 1.82) is 0 Å². The second-order valence-electron chi connectivity index (χ2n) is 6.18. The van der Waals surface area contributed by atoms with Gasteiger partial charge in [0.15, 0.2) is 0 Å². The van der Waals surface area contributed by atoms with Crippen molar-refractivity contribution >= 4 is 29.2 Å². The van der Waals surface area contributed by atoms with Crippen molar-refractivity contribution in [2.75, 3.05) is 40.8 Å². The smallest absolute Gasteiger partial charge is 0.319 e. The molecule has 1 aromatic carbocycles. The fourth-order valence-corrected chi connectivity index (χ4v) is 3.14. The van der Waals surface area contributed by atoms with Crippen LogP contribution in [-0.4, -0.2) is 72.7 Å². The van der Waals surface area contributed by atoms with Gasteiger partial charge >= 0.3 is 6.03 Å². The number of nitrogens with zero attached hydrogens (tertiary/aromatic N) is 3. The largest absolute Gasteiger partial charge is 0.387 e. The summed E-state index contributed by atoms with van der Waals surface area (Å²) in [5, 5.41) is 11.3. The molecule has 1 aliphatic rings. The van der Waals surface area contributed by atoms with Gasteiger partial charge in [-0.15, -0.1) is 0 Å². The summed E-state index contributed by atoms with van der Waals surface area (Å²) in [6.45, 7) is 2.13. The maximum Gasteiger partial charge on any atom is 0.319 e. The number of hydrogen-bond acceptors (Lipinski definition) is 3. The minimum atomic E-state index is -0.627. The third-order valence-corrected chi connectivity index (χ3v) is 4.98. The molecule has 1 heterocycles. The second-order valence-corrected chi connectivity index (χ2v) is 6.99.